The lowest BCUT2D eigenvalue weighted by Crippen LogP contribution is -2.38. The zero-order valence-corrected chi connectivity index (χ0v) is 17.4. The van der Waals surface area contributed by atoms with Gasteiger partial charge in [-0.15, -0.1) is 0 Å². The topological polar surface area (TPSA) is 61.8 Å². The molecule has 156 valence electrons. The highest BCUT2D eigenvalue weighted by molar-refractivity contribution is 5.69. The lowest BCUT2D eigenvalue weighted by Gasteiger charge is -2.26. The third kappa shape index (κ3) is 5.26. The zero-order chi connectivity index (χ0) is 21.2. The fraction of sp³-hybridized carbons (Fsp3) is 0.435. The minimum Gasteiger partial charge on any atom is -0.444 e. The molecule has 0 saturated heterocycles. The van der Waals surface area contributed by atoms with Gasteiger partial charge in [0.15, 0.2) is 0 Å². The van der Waals surface area contributed by atoms with Crippen molar-refractivity contribution < 1.29 is 19.0 Å². The summed E-state index contributed by atoms with van der Waals surface area (Å²) >= 11 is 0. The summed E-state index contributed by atoms with van der Waals surface area (Å²) < 4.78 is 18.5. The maximum absolute atomic E-state index is 13.2. The van der Waals surface area contributed by atoms with Gasteiger partial charge in [-0.05, 0) is 68.7 Å². The second-order valence-corrected chi connectivity index (χ2v) is 8.42. The van der Waals surface area contributed by atoms with E-state index < -0.39 is 23.8 Å². The Bertz CT molecular complexity index is 861. The Labute approximate surface area is 171 Å². The van der Waals surface area contributed by atoms with Crippen molar-refractivity contribution >= 4 is 11.8 Å². The quantitative estimate of drug-likeness (QED) is 0.784. The van der Waals surface area contributed by atoms with Crippen LogP contribution in [0.5, 0.6) is 0 Å². The second kappa shape index (κ2) is 8.41. The van der Waals surface area contributed by atoms with E-state index in [0.717, 1.165) is 28.9 Å². The van der Waals surface area contributed by atoms with E-state index in [0.29, 0.717) is 13.0 Å². The smallest absolute Gasteiger partial charge is 0.408 e. The van der Waals surface area contributed by atoms with E-state index in [2.05, 4.69) is 17.1 Å². The van der Waals surface area contributed by atoms with Crippen LogP contribution < -0.4 is 10.2 Å². The molecule has 1 amide bonds. The molecule has 5 nitrogen and oxygen atoms in total. The second-order valence-electron chi connectivity index (χ2n) is 8.42. The number of nitrogens with one attached hydrogen (secondary N) is 1. The van der Waals surface area contributed by atoms with Crippen molar-refractivity contribution in [2.45, 2.75) is 58.4 Å². The minimum absolute atomic E-state index is 0.251. The number of aliphatic hydroxyl groups excluding tert-OH is 1. The average molecular weight is 400 g/mol. The SMILES string of the molecule is CCN(Cc1ccc(F)cc1)c1ccc2c(c1)[C@@H](NC(=O)OC(C)(C)C)[C@H](O)C2. The van der Waals surface area contributed by atoms with Gasteiger partial charge in [-0.1, -0.05) is 18.2 Å². The molecule has 2 aromatic carbocycles. The number of anilines is 1. The molecule has 0 heterocycles. The molecule has 3 rings (SSSR count). The average Bonchev–Trinajstić information content (AvgIpc) is 2.94. The van der Waals surface area contributed by atoms with Gasteiger partial charge in [0, 0.05) is 25.2 Å². The number of halogens is 1. The molecule has 1 aliphatic carbocycles. The van der Waals surface area contributed by atoms with Gasteiger partial charge in [0.05, 0.1) is 12.1 Å². The Morgan fingerprint density at radius 1 is 1.24 bits per heavy atom. The number of hydrogen-bond donors (Lipinski definition) is 2. The van der Waals surface area contributed by atoms with Crippen LogP contribution >= 0.6 is 0 Å². The van der Waals surface area contributed by atoms with Crippen molar-refractivity contribution in [3.63, 3.8) is 0 Å². The fourth-order valence-electron chi connectivity index (χ4n) is 3.61. The Morgan fingerprint density at radius 3 is 2.55 bits per heavy atom. The summed E-state index contributed by atoms with van der Waals surface area (Å²) in [5.74, 6) is -0.251. The van der Waals surface area contributed by atoms with Crippen LogP contribution in [0.4, 0.5) is 14.9 Å². The third-order valence-corrected chi connectivity index (χ3v) is 4.98. The van der Waals surface area contributed by atoms with E-state index in [1.165, 1.54) is 12.1 Å². The van der Waals surface area contributed by atoms with Crippen LogP contribution in [-0.4, -0.2) is 29.4 Å². The molecule has 2 aromatic rings. The van der Waals surface area contributed by atoms with E-state index in [1.54, 1.807) is 32.9 Å². The van der Waals surface area contributed by atoms with Crippen LogP contribution in [0.1, 0.15) is 50.4 Å². The molecule has 0 unspecified atom stereocenters. The van der Waals surface area contributed by atoms with Crippen molar-refractivity contribution in [1.82, 2.24) is 5.32 Å². The molecule has 0 bridgehead atoms. The first-order valence-corrected chi connectivity index (χ1v) is 9.96. The van der Waals surface area contributed by atoms with Crippen molar-refractivity contribution in [3.05, 3.63) is 65.0 Å². The first-order valence-electron chi connectivity index (χ1n) is 9.96. The van der Waals surface area contributed by atoms with Crippen LogP contribution in [0, 0.1) is 5.82 Å². The fourth-order valence-corrected chi connectivity index (χ4v) is 3.61. The van der Waals surface area contributed by atoms with Crippen LogP contribution in [0.3, 0.4) is 0 Å². The number of amides is 1. The van der Waals surface area contributed by atoms with Gasteiger partial charge in [0.25, 0.3) is 0 Å². The summed E-state index contributed by atoms with van der Waals surface area (Å²) in [4.78, 5) is 14.4. The molecule has 0 radical (unpaired) electrons. The molecule has 0 aliphatic heterocycles. The highest BCUT2D eigenvalue weighted by atomic mass is 19.1. The predicted octanol–water partition coefficient (Wildman–Crippen LogP) is 4.34. The van der Waals surface area contributed by atoms with Crippen molar-refractivity contribution in [3.8, 4) is 0 Å². The minimum atomic E-state index is -0.694. The van der Waals surface area contributed by atoms with Gasteiger partial charge < -0.3 is 20.1 Å². The van der Waals surface area contributed by atoms with E-state index in [9.17, 15) is 14.3 Å². The Hall–Kier alpha value is -2.60. The zero-order valence-electron chi connectivity index (χ0n) is 17.4. The Morgan fingerprint density at radius 2 is 1.93 bits per heavy atom. The maximum atomic E-state index is 13.2. The van der Waals surface area contributed by atoms with Gasteiger partial charge in [0.1, 0.15) is 11.4 Å². The van der Waals surface area contributed by atoms with Crippen molar-refractivity contribution in [1.29, 1.82) is 0 Å². The summed E-state index contributed by atoms with van der Waals surface area (Å²) in [7, 11) is 0. The molecule has 0 aromatic heterocycles. The monoisotopic (exact) mass is 400 g/mol. The third-order valence-electron chi connectivity index (χ3n) is 4.98. The number of hydrogen-bond acceptors (Lipinski definition) is 4. The number of carbonyl (C=O) groups excluding carboxylic acids is 1. The molecular weight excluding hydrogens is 371 g/mol. The summed E-state index contributed by atoms with van der Waals surface area (Å²) in [6.45, 7) is 8.88. The number of ether oxygens (including phenoxy) is 1. The van der Waals surface area contributed by atoms with E-state index in [1.807, 2.05) is 18.2 Å². The number of carbonyl (C=O) groups is 1. The molecule has 0 spiro atoms. The van der Waals surface area contributed by atoms with Gasteiger partial charge in [-0.3, -0.25) is 0 Å². The van der Waals surface area contributed by atoms with Crippen molar-refractivity contribution in [2.75, 3.05) is 11.4 Å². The molecule has 6 heteroatoms. The highest BCUT2D eigenvalue weighted by Crippen LogP contribution is 2.35. The number of aliphatic hydroxyl groups is 1. The highest BCUT2D eigenvalue weighted by Gasteiger charge is 2.34. The van der Waals surface area contributed by atoms with Gasteiger partial charge in [-0.2, -0.15) is 0 Å². The first-order chi connectivity index (χ1) is 13.7. The Balaban J connectivity index is 1.80. The summed E-state index contributed by atoms with van der Waals surface area (Å²) in [6, 6.07) is 12.0. The summed E-state index contributed by atoms with van der Waals surface area (Å²) in [5, 5.41) is 13.3. The van der Waals surface area contributed by atoms with Gasteiger partial charge in [0.2, 0.25) is 0 Å². The molecular formula is C23H29FN2O3. The number of fused-ring (bicyclic) bond motifs is 1. The molecule has 0 saturated carbocycles. The van der Waals surface area contributed by atoms with Crippen LogP contribution in [0.15, 0.2) is 42.5 Å². The first kappa shape index (κ1) is 21.1. The van der Waals surface area contributed by atoms with E-state index >= 15 is 0 Å². The maximum Gasteiger partial charge on any atom is 0.408 e. The molecule has 29 heavy (non-hydrogen) atoms. The molecule has 1 aliphatic rings. The predicted molar refractivity (Wildman–Crippen MR) is 111 cm³/mol. The Kier molecular flexibility index (Phi) is 6.13. The molecule has 2 atom stereocenters. The lowest BCUT2D eigenvalue weighted by atomic mass is 10.1. The van der Waals surface area contributed by atoms with Crippen LogP contribution in [0.2, 0.25) is 0 Å². The van der Waals surface area contributed by atoms with Gasteiger partial charge in [-0.25, -0.2) is 9.18 Å². The van der Waals surface area contributed by atoms with E-state index in [4.69, 9.17) is 4.74 Å². The number of rotatable bonds is 5. The molecule has 0 fully saturated rings. The summed E-state index contributed by atoms with van der Waals surface area (Å²) in [5.41, 5.74) is 3.31. The largest absolute Gasteiger partial charge is 0.444 e. The number of nitrogens with zero attached hydrogens (tertiary/aromatic N) is 1. The summed E-state index contributed by atoms with van der Waals surface area (Å²) in [6.07, 6.45) is -0.751. The standard InChI is InChI=1S/C23H29FN2O3/c1-5-26(14-15-6-9-17(24)10-7-15)18-11-8-16-12-20(27)21(19(16)13-18)25-22(28)29-23(2,3)4/h6-11,13,20-21,27H,5,12,14H2,1-4H3,(H,25,28)/t20-,21-/m1/s1. The van der Waals surface area contributed by atoms with Crippen molar-refractivity contribution in [2.24, 2.45) is 0 Å². The van der Waals surface area contributed by atoms with E-state index in [-0.39, 0.29) is 5.82 Å². The lowest BCUT2D eigenvalue weighted by molar-refractivity contribution is 0.0438. The van der Waals surface area contributed by atoms with Gasteiger partial charge >= 0.3 is 6.09 Å². The number of benzene rings is 2. The van der Waals surface area contributed by atoms with Crippen LogP contribution in [0.25, 0.3) is 0 Å². The van der Waals surface area contributed by atoms with Crippen LogP contribution in [-0.2, 0) is 17.7 Å². The molecule has 2 N–H and O–H groups in total. The number of alkyl carbamates (subject to hydrolysis) is 1. The normalized spacial score (nSPS) is 18.3.